The van der Waals surface area contributed by atoms with Crippen LogP contribution in [0.15, 0.2) is 24.3 Å². The standard InChI is InChI=1S/C8H9NO2.Ca.2H/c9-7-4-2-1-3-6(7)5-8(10)11;;;/h1-4H,5,9H2,(H,10,11);;;. The third-order valence-electron chi connectivity index (χ3n) is 1.40. The van der Waals surface area contributed by atoms with E-state index in [0.29, 0.717) is 11.3 Å². The second kappa shape index (κ2) is 5.40. The van der Waals surface area contributed by atoms with E-state index in [9.17, 15) is 4.79 Å². The zero-order valence-corrected chi connectivity index (χ0v) is 5.95. The molecule has 0 saturated heterocycles. The summed E-state index contributed by atoms with van der Waals surface area (Å²) in [5.41, 5.74) is 6.71. The second-order valence-corrected chi connectivity index (χ2v) is 2.27. The molecule has 0 heterocycles. The number of benzene rings is 1. The van der Waals surface area contributed by atoms with E-state index in [1.807, 2.05) is 0 Å². The molecule has 0 atom stereocenters. The zero-order valence-electron chi connectivity index (χ0n) is 5.95. The molecular formula is C8H11CaNO2. The van der Waals surface area contributed by atoms with Gasteiger partial charge in [0.2, 0.25) is 0 Å². The molecule has 3 nitrogen and oxygen atoms in total. The van der Waals surface area contributed by atoms with E-state index in [2.05, 4.69) is 0 Å². The maximum atomic E-state index is 10.3. The van der Waals surface area contributed by atoms with E-state index in [1.165, 1.54) is 0 Å². The first-order valence-corrected chi connectivity index (χ1v) is 3.25. The van der Waals surface area contributed by atoms with Crippen molar-refractivity contribution < 1.29 is 9.90 Å². The van der Waals surface area contributed by atoms with Crippen LogP contribution < -0.4 is 5.73 Å². The van der Waals surface area contributed by atoms with Crippen LogP contribution in [0.25, 0.3) is 0 Å². The van der Waals surface area contributed by atoms with Gasteiger partial charge in [0.15, 0.2) is 0 Å². The van der Waals surface area contributed by atoms with Crippen LogP contribution in [0.4, 0.5) is 5.69 Å². The number of para-hydroxylation sites is 1. The molecule has 3 N–H and O–H groups in total. The monoisotopic (exact) mass is 193 g/mol. The van der Waals surface area contributed by atoms with Crippen LogP contribution in [0.2, 0.25) is 0 Å². The molecule has 0 aliphatic heterocycles. The number of carbonyl (C=O) groups is 1. The molecule has 62 valence electrons. The molecule has 0 bridgehead atoms. The Morgan fingerprint density at radius 3 is 2.50 bits per heavy atom. The quantitative estimate of drug-likeness (QED) is 0.512. The van der Waals surface area contributed by atoms with Gasteiger partial charge < -0.3 is 10.8 Å². The number of aliphatic carboxylic acids is 1. The molecule has 1 rings (SSSR count). The Labute approximate surface area is 101 Å². The van der Waals surface area contributed by atoms with Crippen molar-refractivity contribution in [1.82, 2.24) is 0 Å². The van der Waals surface area contributed by atoms with Crippen molar-refractivity contribution in [3.05, 3.63) is 29.8 Å². The average Bonchev–Trinajstić information content (AvgIpc) is 1.93. The van der Waals surface area contributed by atoms with Crippen LogP contribution in [0.3, 0.4) is 0 Å². The minimum absolute atomic E-state index is 0. The van der Waals surface area contributed by atoms with Crippen LogP contribution in [-0.2, 0) is 11.2 Å². The number of anilines is 1. The fourth-order valence-electron chi connectivity index (χ4n) is 0.858. The first-order chi connectivity index (χ1) is 5.20. The van der Waals surface area contributed by atoms with E-state index in [-0.39, 0.29) is 44.2 Å². The molecule has 0 aliphatic rings. The summed E-state index contributed by atoms with van der Waals surface area (Å²) in [6.45, 7) is 0. The fourth-order valence-corrected chi connectivity index (χ4v) is 0.858. The molecule has 1 aromatic rings. The van der Waals surface area contributed by atoms with Gasteiger partial charge in [-0.1, -0.05) is 18.2 Å². The van der Waals surface area contributed by atoms with Gasteiger partial charge in [-0.3, -0.25) is 4.79 Å². The Morgan fingerprint density at radius 1 is 1.42 bits per heavy atom. The normalized spacial score (nSPS) is 8.67. The summed E-state index contributed by atoms with van der Waals surface area (Å²) in [6, 6.07) is 6.96. The molecule has 0 spiro atoms. The van der Waals surface area contributed by atoms with Gasteiger partial charge in [0, 0.05) is 5.69 Å². The van der Waals surface area contributed by atoms with Crippen molar-refractivity contribution in [1.29, 1.82) is 0 Å². The fraction of sp³-hybridized carbons (Fsp3) is 0.125. The van der Waals surface area contributed by atoms with E-state index < -0.39 is 5.97 Å². The van der Waals surface area contributed by atoms with Crippen LogP contribution in [0.1, 0.15) is 5.56 Å². The average molecular weight is 193 g/mol. The zero-order chi connectivity index (χ0) is 8.27. The minimum atomic E-state index is -0.858. The molecule has 0 saturated carbocycles. The summed E-state index contributed by atoms with van der Waals surface area (Å²) in [5, 5.41) is 8.44. The SMILES string of the molecule is Nc1ccccc1CC(=O)O.[CaH2]. The van der Waals surface area contributed by atoms with Gasteiger partial charge >= 0.3 is 43.7 Å². The molecule has 0 radical (unpaired) electrons. The van der Waals surface area contributed by atoms with Crippen molar-refractivity contribution in [2.45, 2.75) is 6.42 Å². The first-order valence-electron chi connectivity index (χ1n) is 3.25. The number of hydrogen-bond donors (Lipinski definition) is 2. The third kappa shape index (κ3) is 3.43. The molecule has 0 unspecified atom stereocenters. The Morgan fingerprint density at radius 2 is 2.00 bits per heavy atom. The molecule has 4 heteroatoms. The topological polar surface area (TPSA) is 63.3 Å². The predicted molar refractivity (Wildman–Crippen MR) is 50.7 cm³/mol. The molecule has 0 amide bonds. The van der Waals surface area contributed by atoms with Gasteiger partial charge in [-0.05, 0) is 11.6 Å². The van der Waals surface area contributed by atoms with E-state index in [4.69, 9.17) is 10.8 Å². The molecule has 12 heavy (non-hydrogen) atoms. The van der Waals surface area contributed by atoms with Crippen molar-refractivity contribution in [2.75, 3.05) is 5.73 Å². The molecule has 0 aromatic heterocycles. The van der Waals surface area contributed by atoms with Crippen LogP contribution in [-0.4, -0.2) is 48.8 Å². The van der Waals surface area contributed by atoms with Gasteiger partial charge in [0.05, 0.1) is 6.42 Å². The van der Waals surface area contributed by atoms with Gasteiger partial charge in [0.1, 0.15) is 0 Å². The molecule has 1 aromatic carbocycles. The number of hydrogen-bond acceptors (Lipinski definition) is 2. The van der Waals surface area contributed by atoms with Crippen molar-refractivity contribution in [3.8, 4) is 0 Å². The van der Waals surface area contributed by atoms with Gasteiger partial charge in [-0.15, -0.1) is 0 Å². The summed E-state index contributed by atoms with van der Waals surface area (Å²) in [5.74, 6) is -0.858. The van der Waals surface area contributed by atoms with Crippen molar-refractivity contribution >= 4 is 49.4 Å². The van der Waals surface area contributed by atoms with E-state index in [1.54, 1.807) is 24.3 Å². The van der Waals surface area contributed by atoms with Crippen LogP contribution in [0, 0.1) is 0 Å². The maximum absolute atomic E-state index is 10.3. The van der Waals surface area contributed by atoms with Crippen LogP contribution in [0.5, 0.6) is 0 Å². The summed E-state index contributed by atoms with van der Waals surface area (Å²) >= 11 is 0. The number of carboxylic acid groups (broad SMARTS) is 1. The van der Waals surface area contributed by atoms with Gasteiger partial charge in [0.25, 0.3) is 0 Å². The summed E-state index contributed by atoms with van der Waals surface area (Å²) in [6.07, 6.45) is -0.00727. The van der Waals surface area contributed by atoms with Crippen molar-refractivity contribution in [2.24, 2.45) is 0 Å². The third-order valence-corrected chi connectivity index (χ3v) is 1.40. The van der Waals surface area contributed by atoms with E-state index in [0.717, 1.165) is 0 Å². The molecular weight excluding hydrogens is 182 g/mol. The summed E-state index contributed by atoms with van der Waals surface area (Å²) in [4.78, 5) is 10.3. The van der Waals surface area contributed by atoms with E-state index >= 15 is 0 Å². The number of nitrogen functional groups attached to an aromatic ring is 1. The summed E-state index contributed by atoms with van der Waals surface area (Å²) < 4.78 is 0. The summed E-state index contributed by atoms with van der Waals surface area (Å²) in [7, 11) is 0. The first kappa shape index (κ1) is 11.7. The van der Waals surface area contributed by atoms with Crippen LogP contribution >= 0.6 is 0 Å². The van der Waals surface area contributed by atoms with Gasteiger partial charge in [-0.2, -0.15) is 0 Å². The van der Waals surface area contributed by atoms with Crippen molar-refractivity contribution in [3.63, 3.8) is 0 Å². The number of rotatable bonds is 2. The number of carboxylic acids is 1. The predicted octanol–water partition coefficient (Wildman–Crippen LogP) is -0.0203. The Bertz CT molecular complexity index is 276. The molecule has 0 fully saturated rings. The second-order valence-electron chi connectivity index (χ2n) is 2.27. The Hall–Kier alpha value is -0.250. The molecule has 0 aliphatic carbocycles. The number of nitrogens with two attached hydrogens (primary N) is 1. The Balaban J connectivity index is 0.00000121. The Kier molecular flexibility index (Phi) is 5.29. The van der Waals surface area contributed by atoms with Gasteiger partial charge in [-0.25, -0.2) is 0 Å².